The minimum absolute atomic E-state index is 0.169. The molecule has 6 heteroatoms. The smallest absolute Gasteiger partial charge is 0.282 e. The highest BCUT2D eigenvalue weighted by Crippen LogP contribution is 2.19. The van der Waals surface area contributed by atoms with E-state index in [1.165, 1.54) is 10.4 Å². The number of halogens is 1. The molecule has 0 bridgehead atoms. The summed E-state index contributed by atoms with van der Waals surface area (Å²) in [4.78, 5) is 17.3. The third-order valence-electron chi connectivity index (χ3n) is 4.32. The molecule has 0 fully saturated rings. The molecular weight excluding hydrogens is 380 g/mol. The van der Waals surface area contributed by atoms with Gasteiger partial charge in [0.1, 0.15) is 5.82 Å². The third-order valence-corrected chi connectivity index (χ3v) is 4.82. The van der Waals surface area contributed by atoms with E-state index in [0.717, 1.165) is 15.7 Å². The lowest BCUT2D eigenvalue weighted by atomic mass is 10.2. The van der Waals surface area contributed by atoms with E-state index < -0.39 is 0 Å². The lowest BCUT2D eigenvalue weighted by Gasteiger charge is -2.13. The summed E-state index contributed by atoms with van der Waals surface area (Å²) in [7, 11) is 0. The third kappa shape index (κ3) is 3.18. The number of benzene rings is 1. The van der Waals surface area contributed by atoms with Gasteiger partial charge in [-0.05, 0) is 58.9 Å². The first-order valence-corrected chi connectivity index (χ1v) is 9.00. The molecule has 0 aliphatic heterocycles. The van der Waals surface area contributed by atoms with Gasteiger partial charge in [0, 0.05) is 27.5 Å². The van der Waals surface area contributed by atoms with Crippen LogP contribution in [0.1, 0.15) is 42.7 Å². The van der Waals surface area contributed by atoms with Gasteiger partial charge in [-0.15, -0.1) is 0 Å². The molecule has 0 radical (unpaired) electrons. The number of aromatic nitrogens is 3. The van der Waals surface area contributed by atoms with E-state index in [1.54, 1.807) is 19.2 Å². The first kappa shape index (κ1) is 17.6. The average molecular weight is 401 g/mol. The SMILES string of the molecule is Cc1cc(C=Nn2c(C)nc3ccc(Br)cc3c2=O)c(C)n1C(C)C. The fraction of sp³-hybridized carbons (Fsp3) is 0.316. The van der Waals surface area contributed by atoms with Crippen LogP contribution in [0, 0.1) is 20.8 Å². The van der Waals surface area contributed by atoms with Gasteiger partial charge < -0.3 is 4.57 Å². The van der Waals surface area contributed by atoms with Gasteiger partial charge in [-0.1, -0.05) is 15.9 Å². The van der Waals surface area contributed by atoms with Gasteiger partial charge in [0.15, 0.2) is 0 Å². The molecule has 5 nitrogen and oxygen atoms in total. The molecular formula is C19H21BrN4O. The van der Waals surface area contributed by atoms with Crippen LogP contribution in [0.5, 0.6) is 0 Å². The molecule has 0 aliphatic carbocycles. The molecule has 0 amide bonds. The molecule has 2 aromatic heterocycles. The van der Waals surface area contributed by atoms with Gasteiger partial charge in [-0.25, -0.2) is 4.98 Å². The molecule has 25 heavy (non-hydrogen) atoms. The maximum absolute atomic E-state index is 12.8. The molecule has 3 rings (SSSR count). The van der Waals surface area contributed by atoms with Crippen molar-refractivity contribution in [3.8, 4) is 0 Å². The molecule has 0 aliphatic rings. The average Bonchev–Trinajstić information content (AvgIpc) is 2.82. The summed E-state index contributed by atoms with van der Waals surface area (Å²) in [6.07, 6.45) is 1.74. The van der Waals surface area contributed by atoms with Crippen LogP contribution in [0.3, 0.4) is 0 Å². The summed E-state index contributed by atoms with van der Waals surface area (Å²) in [6, 6.07) is 7.96. The number of fused-ring (bicyclic) bond motifs is 1. The molecule has 0 N–H and O–H groups in total. The van der Waals surface area contributed by atoms with Crippen LogP contribution < -0.4 is 5.56 Å². The van der Waals surface area contributed by atoms with Crippen LogP contribution in [-0.4, -0.2) is 20.4 Å². The quantitative estimate of drug-likeness (QED) is 0.613. The zero-order chi connectivity index (χ0) is 18.3. The van der Waals surface area contributed by atoms with Crippen LogP contribution in [0.25, 0.3) is 10.9 Å². The Bertz CT molecular complexity index is 1040. The predicted molar refractivity (Wildman–Crippen MR) is 106 cm³/mol. The highest BCUT2D eigenvalue weighted by molar-refractivity contribution is 9.10. The summed E-state index contributed by atoms with van der Waals surface area (Å²) in [5.74, 6) is 0.564. The van der Waals surface area contributed by atoms with Crippen molar-refractivity contribution >= 4 is 33.0 Å². The summed E-state index contributed by atoms with van der Waals surface area (Å²) in [5.41, 5.74) is 3.83. The van der Waals surface area contributed by atoms with Crippen molar-refractivity contribution in [1.82, 2.24) is 14.2 Å². The fourth-order valence-corrected chi connectivity index (χ4v) is 3.60. The molecule has 1 aromatic carbocycles. The summed E-state index contributed by atoms with van der Waals surface area (Å²) in [5, 5.41) is 4.96. The maximum atomic E-state index is 12.8. The van der Waals surface area contributed by atoms with E-state index >= 15 is 0 Å². The van der Waals surface area contributed by atoms with Crippen LogP contribution in [0.2, 0.25) is 0 Å². The lowest BCUT2D eigenvalue weighted by Crippen LogP contribution is -2.20. The number of aryl methyl sites for hydroxylation is 2. The van der Waals surface area contributed by atoms with Gasteiger partial charge in [0.2, 0.25) is 0 Å². The first-order valence-electron chi connectivity index (χ1n) is 8.21. The Balaban J connectivity index is 2.11. The van der Waals surface area contributed by atoms with Gasteiger partial charge in [0.25, 0.3) is 5.56 Å². The molecule has 2 heterocycles. The van der Waals surface area contributed by atoms with Crippen LogP contribution >= 0.6 is 15.9 Å². The van der Waals surface area contributed by atoms with Crippen molar-refractivity contribution < 1.29 is 0 Å². The Kier molecular flexibility index (Phi) is 4.64. The van der Waals surface area contributed by atoms with E-state index in [0.29, 0.717) is 22.8 Å². The fourth-order valence-electron chi connectivity index (χ4n) is 3.24. The van der Waals surface area contributed by atoms with Crippen molar-refractivity contribution in [2.24, 2.45) is 5.10 Å². The Morgan fingerprint density at radius 2 is 1.92 bits per heavy atom. The number of hydrogen-bond donors (Lipinski definition) is 0. The van der Waals surface area contributed by atoms with Gasteiger partial charge in [-0.2, -0.15) is 9.78 Å². The van der Waals surface area contributed by atoms with Crippen molar-refractivity contribution in [2.45, 2.75) is 40.7 Å². The summed E-state index contributed by atoms with van der Waals surface area (Å²) in [6.45, 7) is 10.2. The zero-order valence-corrected chi connectivity index (χ0v) is 16.6. The number of rotatable bonds is 3. The standard InChI is InChI=1S/C19H21BrN4O/c1-11(2)23-12(3)8-15(13(23)4)10-21-24-14(5)22-18-7-6-16(20)9-17(18)19(24)25/h6-11H,1-5H3. The minimum Gasteiger partial charge on any atom is -0.346 e. The second kappa shape index (κ2) is 6.59. The van der Waals surface area contributed by atoms with Crippen LogP contribution in [0.15, 0.2) is 38.6 Å². The second-order valence-electron chi connectivity index (χ2n) is 6.47. The predicted octanol–water partition coefficient (Wildman–Crippen LogP) is 4.35. The van der Waals surface area contributed by atoms with Crippen LogP contribution in [-0.2, 0) is 0 Å². The molecule has 130 valence electrons. The monoisotopic (exact) mass is 400 g/mol. The van der Waals surface area contributed by atoms with Crippen molar-refractivity contribution in [2.75, 3.05) is 0 Å². The maximum Gasteiger partial charge on any atom is 0.282 e. The molecule has 0 spiro atoms. The van der Waals surface area contributed by atoms with Crippen LogP contribution in [0.4, 0.5) is 0 Å². The highest BCUT2D eigenvalue weighted by atomic mass is 79.9. The molecule has 0 atom stereocenters. The Morgan fingerprint density at radius 3 is 2.56 bits per heavy atom. The molecule has 0 unspecified atom stereocenters. The zero-order valence-electron chi connectivity index (χ0n) is 15.0. The van der Waals surface area contributed by atoms with Gasteiger partial charge in [-0.3, -0.25) is 4.79 Å². The minimum atomic E-state index is -0.169. The number of nitrogens with zero attached hydrogens (tertiary/aromatic N) is 4. The van der Waals surface area contributed by atoms with Gasteiger partial charge >= 0.3 is 0 Å². The van der Waals surface area contributed by atoms with Crippen molar-refractivity contribution in [3.63, 3.8) is 0 Å². The van der Waals surface area contributed by atoms with Crippen molar-refractivity contribution in [3.05, 3.63) is 61.9 Å². The van der Waals surface area contributed by atoms with E-state index in [1.807, 2.05) is 12.1 Å². The van der Waals surface area contributed by atoms with E-state index in [4.69, 9.17) is 0 Å². The van der Waals surface area contributed by atoms with Crippen molar-refractivity contribution in [1.29, 1.82) is 0 Å². The highest BCUT2D eigenvalue weighted by Gasteiger charge is 2.11. The largest absolute Gasteiger partial charge is 0.346 e. The Labute approximate surface area is 155 Å². The first-order chi connectivity index (χ1) is 11.8. The molecule has 0 saturated carbocycles. The number of hydrogen-bond acceptors (Lipinski definition) is 3. The Morgan fingerprint density at radius 1 is 1.20 bits per heavy atom. The molecule has 0 saturated heterocycles. The van der Waals surface area contributed by atoms with E-state index in [-0.39, 0.29) is 5.56 Å². The summed E-state index contributed by atoms with van der Waals surface area (Å²) < 4.78 is 4.46. The van der Waals surface area contributed by atoms with E-state index in [2.05, 4.69) is 64.3 Å². The Hall–Kier alpha value is -2.21. The molecule has 3 aromatic rings. The normalized spacial score (nSPS) is 12.0. The lowest BCUT2D eigenvalue weighted by molar-refractivity contribution is 0.574. The second-order valence-corrected chi connectivity index (χ2v) is 7.39. The van der Waals surface area contributed by atoms with Gasteiger partial charge in [0.05, 0.1) is 17.1 Å². The topological polar surface area (TPSA) is 52.2 Å². The van der Waals surface area contributed by atoms with E-state index in [9.17, 15) is 4.79 Å². The summed E-state index contributed by atoms with van der Waals surface area (Å²) >= 11 is 3.40.